The summed E-state index contributed by atoms with van der Waals surface area (Å²) in [6, 6.07) is 0. The fraction of sp³-hybridized carbons (Fsp3) is 0.842. The van der Waals surface area contributed by atoms with Crippen molar-refractivity contribution < 1.29 is 9.90 Å². The van der Waals surface area contributed by atoms with Crippen LogP contribution in [-0.2, 0) is 4.79 Å². The normalized spacial score (nSPS) is 52.7. The fourth-order valence-electron chi connectivity index (χ4n) is 6.48. The van der Waals surface area contributed by atoms with Gasteiger partial charge in [-0.3, -0.25) is 4.79 Å². The van der Waals surface area contributed by atoms with Crippen LogP contribution in [0.1, 0.15) is 65.2 Å². The molecule has 2 nitrogen and oxygen atoms in total. The number of Topliss-reactive ketones (excluding diaryl/α,β-unsaturated/α-hetero) is 1. The summed E-state index contributed by atoms with van der Waals surface area (Å²) in [4.78, 5) is 12.4. The van der Waals surface area contributed by atoms with Crippen molar-refractivity contribution in [3.05, 3.63) is 11.6 Å². The average molecular weight is 288 g/mol. The Labute approximate surface area is 128 Å². The van der Waals surface area contributed by atoms with Gasteiger partial charge in [-0.2, -0.15) is 0 Å². The Hall–Kier alpha value is -0.630. The second-order valence-corrected chi connectivity index (χ2v) is 8.55. The summed E-state index contributed by atoms with van der Waals surface area (Å²) < 4.78 is 0. The highest BCUT2D eigenvalue weighted by Crippen LogP contribution is 2.64. The van der Waals surface area contributed by atoms with E-state index in [0.717, 1.165) is 50.4 Å². The highest BCUT2D eigenvalue weighted by Gasteiger charge is 2.58. The van der Waals surface area contributed by atoms with Gasteiger partial charge in [0.05, 0.1) is 6.10 Å². The lowest BCUT2D eigenvalue weighted by Gasteiger charge is -2.57. The lowest BCUT2D eigenvalue weighted by Crippen LogP contribution is -2.50. The van der Waals surface area contributed by atoms with Gasteiger partial charge in [-0.25, -0.2) is 0 Å². The number of aliphatic hydroxyl groups is 1. The van der Waals surface area contributed by atoms with Crippen LogP contribution in [0.4, 0.5) is 0 Å². The Morgan fingerprint density at radius 3 is 2.52 bits per heavy atom. The van der Waals surface area contributed by atoms with Crippen LogP contribution in [0.2, 0.25) is 0 Å². The van der Waals surface area contributed by atoms with Gasteiger partial charge in [-0.15, -0.1) is 0 Å². The molecule has 0 amide bonds. The molecule has 0 saturated heterocycles. The third-order valence-electron chi connectivity index (χ3n) is 7.80. The zero-order valence-electron chi connectivity index (χ0n) is 13.4. The highest BCUT2D eigenvalue weighted by atomic mass is 16.3. The maximum absolute atomic E-state index is 12.4. The van der Waals surface area contributed by atoms with Gasteiger partial charge in [0.15, 0.2) is 0 Å². The smallest absolute Gasteiger partial charge is 0.139 e. The Morgan fingerprint density at radius 2 is 1.71 bits per heavy atom. The third-order valence-corrected chi connectivity index (χ3v) is 7.80. The van der Waals surface area contributed by atoms with Crippen LogP contribution >= 0.6 is 0 Å². The molecule has 0 heterocycles. The van der Waals surface area contributed by atoms with Gasteiger partial charge in [-0.05, 0) is 68.1 Å². The number of hydrogen-bond donors (Lipinski definition) is 1. The van der Waals surface area contributed by atoms with Crippen LogP contribution < -0.4 is 0 Å². The number of ketones is 1. The number of carbonyl (C=O) groups is 1. The van der Waals surface area contributed by atoms with Gasteiger partial charge in [0.2, 0.25) is 0 Å². The molecule has 4 rings (SSSR count). The number of carbonyl (C=O) groups excluding carboxylic acids is 1. The van der Waals surface area contributed by atoms with Crippen molar-refractivity contribution >= 4 is 5.78 Å². The van der Waals surface area contributed by atoms with Crippen molar-refractivity contribution in [1.82, 2.24) is 0 Å². The molecule has 2 heteroatoms. The van der Waals surface area contributed by atoms with E-state index in [1.165, 1.54) is 18.4 Å². The number of aliphatic hydroxyl groups excluding tert-OH is 1. The van der Waals surface area contributed by atoms with Crippen LogP contribution in [0.3, 0.4) is 0 Å². The quantitative estimate of drug-likeness (QED) is 0.687. The summed E-state index contributed by atoms with van der Waals surface area (Å²) in [5, 5.41) is 9.96. The molecule has 0 aromatic carbocycles. The van der Waals surface area contributed by atoms with Crippen LogP contribution in [0.25, 0.3) is 0 Å². The predicted octanol–water partition coefficient (Wildman–Crippen LogP) is 3.88. The first-order chi connectivity index (χ1) is 9.95. The van der Waals surface area contributed by atoms with E-state index in [0.29, 0.717) is 17.1 Å². The van der Waals surface area contributed by atoms with E-state index in [1.807, 2.05) is 0 Å². The SMILES string of the molecule is C[C@@]12CC[C@H]3[C@@H](CCC4=C[C@H](O)CC[C@]43C)[C@H]1CCC2=O. The molecule has 4 aliphatic carbocycles. The van der Waals surface area contributed by atoms with E-state index in [9.17, 15) is 9.90 Å². The molecule has 0 aromatic rings. The van der Waals surface area contributed by atoms with Crippen LogP contribution in [0.15, 0.2) is 11.6 Å². The van der Waals surface area contributed by atoms with Crippen LogP contribution in [0.5, 0.6) is 0 Å². The van der Waals surface area contributed by atoms with E-state index in [-0.39, 0.29) is 11.5 Å². The summed E-state index contributed by atoms with van der Waals surface area (Å²) >= 11 is 0. The van der Waals surface area contributed by atoms with Gasteiger partial charge >= 0.3 is 0 Å². The second kappa shape index (κ2) is 4.44. The van der Waals surface area contributed by atoms with E-state index < -0.39 is 0 Å². The van der Waals surface area contributed by atoms with Crippen molar-refractivity contribution in [3.8, 4) is 0 Å². The molecular formula is C19H28O2. The summed E-state index contributed by atoms with van der Waals surface area (Å²) in [5.41, 5.74) is 1.82. The van der Waals surface area contributed by atoms with Gasteiger partial charge < -0.3 is 5.11 Å². The van der Waals surface area contributed by atoms with Crippen molar-refractivity contribution in [2.75, 3.05) is 0 Å². The lowest BCUT2D eigenvalue weighted by molar-refractivity contribution is -0.132. The molecule has 0 aromatic heterocycles. The topological polar surface area (TPSA) is 37.3 Å². The van der Waals surface area contributed by atoms with Crippen molar-refractivity contribution in [3.63, 3.8) is 0 Å². The fourth-order valence-corrected chi connectivity index (χ4v) is 6.48. The summed E-state index contributed by atoms with van der Waals surface area (Å²) in [6.07, 6.45) is 10.7. The highest BCUT2D eigenvalue weighted by molar-refractivity contribution is 5.87. The zero-order valence-corrected chi connectivity index (χ0v) is 13.4. The summed E-state index contributed by atoms with van der Waals surface area (Å²) in [7, 11) is 0. The van der Waals surface area contributed by atoms with Crippen LogP contribution in [0, 0.1) is 28.6 Å². The first-order valence-corrected chi connectivity index (χ1v) is 8.88. The molecule has 3 fully saturated rings. The molecule has 0 bridgehead atoms. The lowest BCUT2D eigenvalue weighted by atomic mass is 9.47. The molecule has 1 N–H and O–H groups in total. The molecule has 116 valence electrons. The average Bonchev–Trinajstić information content (AvgIpc) is 2.76. The third kappa shape index (κ3) is 1.78. The first-order valence-electron chi connectivity index (χ1n) is 8.88. The zero-order chi connectivity index (χ0) is 14.8. The molecular weight excluding hydrogens is 260 g/mol. The molecule has 3 saturated carbocycles. The number of fused-ring (bicyclic) bond motifs is 5. The standard InChI is InChI=1S/C19H28O2/c1-18-9-7-13(20)11-12(18)3-4-14-15-5-6-17(21)19(15,2)10-8-16(14)18/h11,13-16,20H,3-10H2,1-2H3/t13-,14+,15-,16+,18-,19-/m1/s1. The molecule has 0 radical (unpaired) electrons. The maximum atomic E-state index is 12.4. The summed E-state index contributed by atoms with van der Waals surface area (Å²) in [5.74, 6) is 2.66. The van der Waals surface area contributed by atoms with Crippen molar-refractivity contribution in [1.29, 1.82) is 0 Å². The summed E-state index contributed by atoms with van der Waals surface area (Å²) in [6.45, 7) is 4.70. The Balaban J connectivity index is 1.69. The number of rotatable bonds is 0. The van der Waals surface area contributed by atoms with Gasteiger partial charge in [0, 0.05) is 11.8 Å². The van der Waals surface area contributed by atoms with E-state index in [2.05, 4.69) is 19.9 Å². The Morgan fingerprint density at radius 1 is 1.00 bits per heavy atom. The maximum Gasteiger partial charge on any atom is 0.139 e. The van der Waals surface area contributed by atoms with Gasteiger partial charge in [0.25, 0.3) is 0 Å². The molecule has 0 aliphatic heterocycles. The molecule has 4 aliphatic rings. The minimum atomic E-state index is -0.216. The Bertz CT molecular complexity index is 508. The van der Waals surface area contributed by atoms with Crippen LogP contribution in [-0.4, -0.2) is 17.0 Å². The van der Waals surface area contributed by atoms with E-state index in [1.54, 1.807) is 0 Å². The van der Waals surface area contributed by atoms with Gasteiger partial charge in [0.1, 0.15) is 5.78 Å². The number of hydrogen-bond acceptors (Lipinski definition) is 2. The first kappa shape index (κ1) is 14.0. The molecule has 21 heavy (non-hydrogen) atoms. The second-order valence-electron chi connectivity index (χ2n) is 8.55. The van der Waals surface area contributed by atoms with Crippen molar-refractivity contribution in [2.45, 2.75) is 71.3 Å². The minimum Gasteiger partial charge on any atom is -0.389 e. The van der Waals surface area contributed by atoms with E-state index >= 15 is 0 Å². The Kier molecular flexibility index (Phi) is 2.96. The van der Waals surface area contributed by atoms with Gasteiger partial charge in [-0.1, -0.05) is 25.5 Å². The molecule has 0 spiro atoms. The number of allylic oxidation sites excluding steroid dienone is 1. The molecule has 6 atom stereocenters. The van der Waals surface area contributed by atoms with E-state index in [4.69, 9.17) is 0 Å². The monoisotopic (exact) mass is 288 g/mol. The van der Waals surface area contributed by atoms with Crippen molar-refractivity contribution in [2.24, 2.45) is 28.6 Å². The minimum absolute atomic E-state index is 0.00702. The predicted molar refractivity (Wildman–Crippen MR) is 82.7 cm³/mol. The molecule has 0 unspecified atom stereocenters. The largest absolute Gasteiger partial charge is 0.389 e.